The van der Waals surface area contributed by atoms with Crippen LogP contribution >= 0.6 is 12.4 Å². The summed E-state index contributed by atoms with van der Waals surface area (Å²) < 4.78 is 11.1. The molecule has 2 N–H and O–H groups in total. The minimum atomic E-state index is -0.439. The van der Waals surface area contributed by atoms with Crippen LogP contribution in [-0.4, -0.2) is 38.8 Å². The van der Waals surface area contributed by atoms with Gasteiger partial charge in [-0.25, -0.2) is 0 Å². The number of anilines is 1. The summed E-state index contributed by atoms with van der Waals surface area (Å²) in [7, 11) is 1.65. The fourth-order valence-electron chi connectivity index (χ4n) is 2.81. The molecule has 0 aliphatic carbocycles. The van der Waals surface area contributed by atoms with E-state index in [1.165, 1.54) is 0 Å². The van der Waals surface area contributed by atoms with Crippen molar-refractivity contribution >= 4 is 24.0 Å². The summed E-state index contributed by atoms with van der Waals surface area (Å²) >= 11 is 0. The van der Waals surface area contributed by atoms with Gasteiger partial charge in [0.25, 0.3) is 0 Å². The van der Waals surface area contributed by atoms with E-state index in [0.717, 1.165) is 43.8 Å². The molecule has 5 nitrogen and oxygen atoms in total. The number of amides is 1. The smallest absolute Gasteiger partial charge is 0.233 e. The Kier molecular flexibility index (Phi) is 8.53. The van der Waals surface area contributed by atoms with Crippen LogP contribution in [0.1, 0.15) is 33.1 Å². The molecule has 0 bridgehead atoms. The molecular formula is C18H29ClN2O3. The monoisotopic (exact) mass is 356 g/mol. The lowest BCUT2D eigenvalue weighted by Crippen LogP contribution is -2.47. The van der Waals surface area contributed by atoms with Crippen LogP contribution in [0.25, 0.3) is 0 Å². The molecule has 1 fully saturated rings. The van der Waals surface area contributed by atoms with E-state index in [4.69, 9.17) is 9.47 Å². The molecule has 1 heterocycles. The van der Waals surface area contributed by atoms with Crippen LogP contribution in [0.5, 0.6) is 5.75 Å². The standard InChI is InChI=1S/C18H28N2O3.ClH/c1-4-14(2)23-16-7-5-15(6-8-16)20-17(21)18(13-22-3)9-11-19-12-10-18;/h5-8,14,19H,4,9-13H2,1-3H3,(H,20,21);1H. The number of carbonyl (C=O) groups excluding carboxylic acids is 1. The summed E-state index contributed by atoms with van der Waals surface area (Å²) in [6, 6.07) is 7.56. The van der Waals surface area contributed by atoms with Crippen LogP contribution in [0, 0.1) is 5.41 Å². The van der Waals surface area contributed by atoms with Gasteiger partial charge in [-0.15, -0.1) is 12.4 Å². The summed E-state index contributed by atoms with van der Waals surface area (Å²) in [6.07, 6.45) is 2.74. The molecular weight excluding hydrogens is 328 g/mol. The van der Waals surface area contributed by atoms with Crippen LogP contribution < -0.4 is 15.4 Å². The number of hydrogen-bond acceptors (Lipinski definition) is 4. The van der Waals surface area contributed by atoms with Crippen molar-refractivity contribution < 1.29 is 14.3 Å². The van der Waals surface area contributed by atoms with Gasteiger partial charge in [0.05, 0.1) is 18.1 Å². The van der Waals surface area contributed by atoms with Crippen molar-refractivity contribution in [2.45, 2.75) is 39.2 Å². The summed E-state index contributed by atoms with van der Waals surface area (Å²) in [5.41, 5.74) is 0.354. The highest BCUT2D eigenvalue weighted by Crippen LogP contribution is 2.31. The van der Waals surface area contributed by atoms with Crippen molar-refractivity contribution in [2.24, 2.45) is 5.41 Å². The van der Waals surface area contributed by atoms with Crippen molar-refractivity contribution in [3.8, 4) is 5.75 Å². The van der Waals surface area contributed by atoms with Crippen LogP contribution in [0.15, 0.2) is 24.3 Å². The molecule has 1 atom stereocenters. The Morgan fingerprint density at radius 1 is 1.29 bits per heavy atom. The van der Waals surface area contributed by atoms with E-state index in [0.29, 0.717) is 6.61 Å². The first kappa shape index (κ1) is 20.7. The molecule has 24 heavy (non-hydrogen) atoms. The minimum Gasteiger partial charge on any atom is -0.491 e. The maximum Gasteiger partial charge on any atom is 0.233 e. The van der Waals surface area contributed by atoms with E-state index >= 15 is 0 Å². The third-order valence-electron chi connectivity index (χ3n) is 4.49. The van der Waals surface area contributed by atoms with Crippen molar-refractivity contribution in [3.63, 3.8) is 0 Å². The summed E-state index contributed by atoms with van der Waals surface area (Å²) in [4.78, 5) is 12.7. The first-order valence-electron chi connectivity index (χ1n) is 8.37. The number of halogens is 1. The fourth-order valence-corrected chi connectivity index (χ4v) is 2.81. The number of rotatable bonds is 7. The van der Waals surface area contributed by atoms with Gasteiger partial charge >= 0.3 is 0 Å². The van der Waals surface area contributed by atoms with E-state index in [2.05, 4.69) is 17.6 Å². The van der Waals surface area contributed by atoms with E-state index in [-0.39, 0.29) is 24.4 Å². The predicted molar refractivity (Wildman–Crippen MR) is 99.1 cm³/mol. The molecule has 0 spiro atoms. The molecule has 1 aromatic carbocycles. The van der Waals surface area contributed by atoms with E-state index in [1.54, 1.807) is 7.11 Å². The van der Waals surface area contributed by atoms with E-state index in [9.17, 15) is 4.79 Å². The van der Waals surface area contributed by atoms with E-state index in [1.807, 2.05) is 31.2 Å². The maximum atomic E-state index is 12.7. The lowest BCUT2D eigenvalue weighted by atomic mass is 9.78. The zero-order valence-corrected chi connectivity index (χ0v) is 15.6. The van der Waals surface area contributed by atoms with Crippen LogP contribution in [0.4, 0.5) is 5.69 Å². The highest BCUT2D eigenvalue weighted by molar-refractivity contribution is 5.95. The Balaban J connectivity index is 0.00000288. The zero-order chi connectivity index (χ0) is 16.7. The molecule has 1 aliphatic heterocycles. The molecule has 0 radical (unpaired) electrons. The predicted octanol–water partition coefficient (Wildman–Crippen LogP) is 3.24. The van der Waals surface area contributed by atoms with Crippen molar-refractivity contribution in [1.29, 1.82) is 0 Å². The Bertz CT molecular complexity index is 496. The molecule has 0 saturated carbocycles. The third kappa shape index (κ3) is 5.36. The third-order valence-corrected chi connectivity index (χ3v) is 4.49. The molecule has 1 unspecified atom stereocenters. The van der Waals surface area contributed by atoms with Crippen molar-refractivity contribution in [1.82, 2.24) is 5.32 Å². The van der Waals surface area contributed by atoms with Gasteiger partial charge < -0.3 is 20.1 Å². The Morgan fingerprint density at radius 2 is 1.92 bits per heavy atom. The van der Waals surface area contributed by atoms with Gasteiger partial charge in [0.2, 0.25) is 5.91 Å². The molecule has 6 heteroatoms. The SMILES string of the molecule is CCC(C)Oc1ccc(NC(=O)C2(COC)CCNCC2)cc1.Cl. The van der Waals surface area contributed by atoms with Gasteiger partial charge in [0, 0.05) is 12.8 Å². The number of methoxy groups -OCH3 is 1. The second kappa shape index (κ2) is 9.87. The van der Waals surface area contributed by atoms with Crippen LogP contribution in [-0.2, 0) is 9.53 Å². The lowest BCUT2D eigenvalue weighted by molar-refractivity contribution is -0.130. The molecule has 2 rings (SSSR count). The highest BCUT2D eigenvalue weighted by atomic mass is 35.5. The van der Waals surface area contributed by atoms with Gasteiger partial charge in [0.15, 0.2) is 0 Å². The Morgan fingerprint density at radius 3 is 2.46 bits per heavy atom. The van der Waals surface area contributed by atoms with Gasteiger partial charge in [-0.05, 0) is 63.5 Å². The van der Waals surface area contributed by atoms with Crippen LogP contribution in [0.2, 0.25) is 0 Å². The molecule has 0 aromatic heterocycles. The average molecular weight is 357 g/mol. The van der Waals surface area contributed by atoms with Gasteiger partial charge in [-0.3, -0.25) is 4.79 Å². The van der Waals surface area contributed by atoms with Gasteiger partial charge in [-0.1, -0.05) is 6.92 Å². The number of piperidine rings is 1. The molecule has 1 saturated heterocycles. The first-order valence-corrected chi connectivity index (χ1v) is 8.37. The second-order valence-corrected chi connectivity index (χ2v) is 6.28. The van der Waals surface area contributed by atoms with Gasteiger partial charge in [-0.2, -0.15) is 0 Å². The Hall–Kier alpha value is -1.30. The fraction of sp³-hybridized carbons (Fsp3) is 0.611. The summed E-state index contributed by atoms with van der Waals surface area (Å²) in [5.74, 6) is 0.863. The summed E-state index contributed by atoms with van der Waals surface area (Å²) in [5, 5.41) is 6.33. The largest absolute Gasteiger partial charge is 0.491 e. The molecule has 136 valence electrons. The van der Waals surface area contributed by atoms with Crippen LogP contribution in [0.3, 0.4) is 0 Å². The number of nitrogens with one attached hydrogen (secondary N) is 2. The Labute approximate surface area is 150 Å². The van der Waals surface area contributed by atoms with Crippen molar-refractivity contribution in [3.05, 3.63) is 24.3 Å². The lowest BCUT2D eigenvalue weighted by Gasteiger charge is -2.35. The number of carbonyl (C=O) groups is 1. The minimum absolute atomic E-state index is 0. The van der Waals surface area contributed by atoms with E-state index < -0.39 is 5.41 Å². The summed E-state index contributed by atoms with van der Waals surface area (Å²) in [6.45, 7) is 6.28. The number of benzene rings is 1. The quantitative estimate of drug-likeness (QED) is 0.787. The van der Waals surface area contributed by atoms with Crippen molar-refractivity contribution in [2.75, 3.05) is 32.1 Å². The maximum absolute atomic E-state index is 12.7. The number of hydrogen-bond donors (Lipinski definition) is 2. The zero-order valence-electron chi connectivity index (χ0n) is 14.8. The average Bonchev–Trinajstić information content (AvgIpc) is 2.57. The van der Waals surface area contributed by atoms with Gasteiger partial charge in [0.1, 0.15) is 5.75 Å². The molecule has 1 aliphatic rings. The first-order chi connectivity index (χ1) is 11.1. The number of ether oxygens (including phenoxy) is 2. The normalized spacial score (nSPS) is 17.5. The second-order valence-electron chi connectivity index (χ2n) is 6.28. The highest BCUT2D eigenvalue weighted by Gasteiger charge is 2.39. The molecule has 1 amide bonds. The molecule has 1 aromatic rings. The topological polar surface area (TPSA) is 59.6 Å².